The molecule has 0 radical (unpaired) electrons. The standard InChI is InChI=1S/C18H16O4/c1-2-13(11-6-4-3-5-7-11)16-17(20)14-9-8-12(19)10-15(14)22-18(16)21/h3-10,13,19-20H,2H2,1H3/t13-/m1/s1. The second kappa shape index (κ2) is 5.56. The molecular formula is C18H16O4. The normalized spacial score (nSPS) is 12.4. The van der Waals surface area contributed by atoms with E-state index in [9.17, 15) is 15.0 Å². The Balaban J connectivity index is 2.26. The summed E-state index contributed by atoms with van der Waals surface area (Å²) in [5.74, 6) is -0.337. The van der Waals surface area contributed by atoms with E-state index in [1.54, 1.807) is 6.07 Å². The van der Waals surface area contributed by atoms with Gasteiger partial charge in [-0.15, -0.1) is 0 Å². The molecule has 4 nitrogen and oxygen atoms in total. The molecule has 0 saturated carbocycles. The number of hydrogen-bond donors (Lipinski definition) is 2. The van der Waals surface area contributed by atoms with Gasteiger partial charge in [0, 0.05) is 12.0 Å². The van der Waals surface area contributed by atoms with Crippen LogP contribution in [0.5, 0.6) is 11.5 Å². The molecular weight excluding hydrogens is 280 g/mol. The third-order valence-electron chi connectivity index (χ3n) is 3.86. The maximum Gasteiger partial charge on any atom is 0.343 e. The average Bonchev–Trinajstić information content (AvgIpc) is 2.52. The molecule has 1 aromatic heterocycles. The minimum Gasteiger partial charge on any atom is -0.508 e. The largest absolute Gasteiger partial charge is 0.508 e. The Morgan fingerprint density at radius 2 is 1.82 bits per heavy atom. The molecule has 2 N–H and O–H groups in total. The Morgan fingerprint density at radius 3 is 2.50 bits per heavy atom. The third-order valence-corrected chi connectivity index (χ3v) is 3.86. The van der Waals surface area contributed by atoms with Crippen LogP contribution in [0.2, 0.25) is 0 Å². The number of aromatic hydroxyl groups is 2. The first-order chi connectivity index (χ1) is 10.6. The molecule has 4 heteroatoms. The predicted molar refractivity (Wildman–Crippen MR) is 84.4 cm³/mol. The number of phenolic OH excluding ortho intramolecular Hbond substituents is 1. The summed E-state index contributed by atoms with van der Waals surface area (Å²) in [5.41, 5.74) is 0.804. The van der Waals surface area contributed by atoms with Crippen LogP contribution in [0.15, 0.2) is 57.7 Å². The van der Waals surface area contributed by atoms with Gasteiger partial charge in [-0.05, 0) is 24.1 Å². The van der Waals surface area contributed by atoms with Crippen LogP contribution in [-0.2, 0) is 0 Å². The van der Waals surface area contributed by atoms with Crippen molar-refractivity contribution in [3.8, 4) is 11.5 Å². The van der Waals surface area contributed by atoms with Gasteiger partial charge in [-0.3, -0.25) is 0 Å². The molecule has 1 atom stereocenters. The van der Waals surface area contributed by atoms with E-state index in [2.05, 4.69) is 0 Å². The van der Waals surface area contributed by atoms with Gasteiger partial charge < -0.3 is 14.6 Å². The van der Waals surface area contributed by atoms with E-state index in [1.165, 1.54) is 12.1 Å². The van der Waals surface area contributed by atoms with Crippen LogP contribution in [0.3, 0.4) is 0 Å². The monoisotopic (exact) mass is 296 g/mol. The fraction of sp³-hybridized carbons (Fsp3) is 0.167. The van der Waals surface area contributed by atoms with Crippen LogP contribution in [0.1, 0.15) is 30.4 Å². The quantitative estimate of drug-likeness (QED) is 0.722. The Bertz CT molecular complexity index is 865. The van der Waals surface area contributed by atoms with E-state index in [-0.39, 0.29) is 28.6 Å². The van der Waals surface area contributed by atoms with Crippen molar-refractivity contribution < 1.29 is 14.6 Å². The van der Waals surface area contributed by atoms with E-state index >= 15 is 0 Å². The molecule has 2 aromatic carbocycles. The third kappa shape index (κ3) is 2.33. The van der Waals surface area contributed by atoms with Gasteiger partial charge in [0.05, 0.1) is 10.9 Å². The van der Waals surface area contributed by atoms with Gasteiger partial charge in [-0.1, -0.05) is 37.3 Å². The zero-order valence-electron chi connectivity index (χ0n) is 12.1. The summed E-state index contributed by atoms with van der Waals surface area (Å²) in [6, 6.07) is 13.9. The van der Waals surface area contributed by atoms with E-state index in [1.807, 2.05) is 37.3 Å². The van der Waals surface area contributed by atoms with Gasteiger partial charge >= 0.3 is 5.63 Å². The van der Waals surface area contributed by atoms with Crippen molar-refractivity contribution in [1.29, 1.82) is 0 Å². The highest BCUT2D eigenvalue weighted by molar-refractivity contribution is 5.85. The Kier molecular flexibility index (Phi) is 3.59. The first-order valence-electron chi connectivity index (χ1n) is 7.15. The summed E-state index contributed by atoms with van der Waals surface area (Å²) >= 11 is 0. The van der Waals surface area contributed by atoms with Crippen molar-refractivity contribution in [2.24, 2.45) is 0 Å². The van der Waals surface area contributed by atoms with Gasteiger partial charge in [0.25, 0.3) is 0 Å². The summed E-state index contributed by atoms with van der Waals surface area (Å²) in [6.07, 6.45) is 0.659. The second-order valence-corrected chi connectivity index (χ2v) is 5.20. The van der Waals surface area contributed by atoms with Gasteiger partial charge in [-0.2, -0.15) is 0 Å². The number of phenols is 1. The summed E-state index contributed by atoms with van der Waals surface area (Å²) in [4.78, 5) is 12.3. The Hall–Kier alpha value is -2.75. The molecule has 0 aliphatic heterocycles. The molecule has 22 heavy (non-hydrogen) atoms. The first-order valence-corrected chi connectivity index (χ1v) is 7.15. The number of fused-ring (bicyclic) bond motifs is 1. The minimum atomic E-state index is -0.577. The predicted octanol–water partition coefficient (Wildman–Crippen LogP) is 3.75. The molecule has 0 fully saturated rings. The highest BCUT2D eigenvalue weighted by Gasteiger charge is 2.23. The lowest BCUT2D eigenvalue weighted by molar-refractivity contribution is 0.447. The Morgan fingerprint density at radius 1 is 1.09 bits per heavy atom. The zero-order chi connectivity index (χ0) is 15.7. The molecule has 112 valence electrons. The summed E-state index contributed by atoms with van der Waals surface area (Å²) in [5, 5.41) is 20.4. The fourth-order valence-corrected chi connectivity index (χ4v) is 2.79. The lowest BCUT2D eigenvalue weighted by Crippen LogP contribution is -2.13. The second-order valence-electron chi connectivity index (χ2n) is 5.20. The number of benzene rings is 2. The van der Waals surface area contributed by atoms with Gasteiger partial charge in [0.1, 0.15) is 17.1 Å². The van der Waals surface area contributed by atoms with E-state index < -0.39 is 5.63 Å². The van der Waals surface area contributed by atoms with Crippen molar-refractivity contribution >= 4 is 11.0 Å². The van der Waals surface area contributed by atoms with Crippen LogP contribution in [0, 0.1) is 0 Å². The van der Waals surface area contributed by atoms with Crippen molar-refractivity contribution in [3.05, 3.63) is 70.1 Å². The van der Waals surface area contributed by atoms with Gasteiger partial charge in [-0.25, -0.2) is 4.79 Å². The molecule has 0 saturated heterocycles. The molecule has 1 heterocycles. The van der Waals surface area contributed by atoms with E-state index in [0.717, 1.165) is 5.56 Å². The van der Waals surface area contributed by atoms with Crippen LogP contribution in [0.4, 0.5) is 0 Å². The van der Waals surface area contributed by atoms with Gasteiger partial charge in [0.2, 0.25) is 0 Å². The van der Waals surface area contributed by atoms with Crippen molar-refractivity contribution in [1.82, 2.24) is 0 Å². The fourth-order valence-electron chi connectivity index (χ4n) is 2.79. The molecule has 0 bridgehead atoms. The van der Waals surface area contributed by atoms with Crippen LogP contribution < -0.4 is 5.63 Å². The molecule has 0 amide bonds. The summed E-state index contributed by atoms with van der Waals surface area (Å²) in [6.45, 7) is 1.96. The molecule has 0 aliphatic rings. The molecule has 0 spiro atoms. The average molecular weight is 296 g/mol. The lowest BCUT2D eigenvalue weighted by Gasteiger charge is -2.16. The highest BCUT2D eigenvalue weighted by Crippen LogP contribution is 2.36. The van der Waals surface area contributed by atoms with Crippen molar-refractivity contribution in [2.45, 2.75) is 19.3 Å². The van der Waals surface area contributed by atoms with Crippen LogP contribution in [-0.4, -0.2) is 10.2 Å². The minimum absolute atomic E-state index is 0.0158. The van der Waals surface area contributed by atoms with Gasteiger partial charge in [0.15, 0.2) is 0 Å². The van der Waals surface area contributed by atoms with E-state index in [4.69, 9.17) is 4.42 Å². The van der Waals surface area contributed by atoms with Crippen LogP contribution >= 0.6 is 0 Å². The number of rotatable bonds is 3. The topological polar surface area (TPSA) is 70.7 Å². The molecule has 0 unspecified atom stereocenters. The summed E-state index contributed by atoms with van der Waals surface area (Å²) in [7, 11) is 0. The zero-order valence-corrected chi connectivity index (χ0v) is 12.1. The lowest BCUT2D eigenvalue weighted by atomic mass is 9.89. The maximum absolute atomic E-state index is 12.3. The smallest absolute Gasteiger partial charge is 0.343 e. The molecule has 3 aromatic rings. The molecule has 0 aliphatic carbocycles. The first kappa shape index (κ1) is 14.2. The van der Waals surface area contributed by atoms with Crippen molar-refractivity contribution in [2.75, 3.05) is 0 Å². The van der Waals surface area contributed by atoms with Crippen molar-refractivity contribution in [3.63, 3.8) is 0 Å². The summed E-state index contributed by atoms with van der Waals surface area (Å²) < 4.78 is 5.28. The maximum atomic E-state index is 12.3. The SMILES string of the molecule is CC[C@H](c1ccccc1)c1c(O)c2ccc(O)cc2oc1=O. The van der Waals surface area contributed by atoms with Crippen LogP contribution in [0.25, 0.3) is 11.0 Å². The van der Waals surface area contributed by atoms with E-state index in [0.29, 0.717) is 11.8 Å². The Labute approximate surface area is 127 Å². The number of hydrogen-bond acceptors (Lipinski definition) is 4. The highest BCUT2D eigenvalue weighted by atomic mass is 16.4. The molecule has 3 rings (SSSR count).